The average molecular weight is 482 g/mol. The van der Waals surface area contributed by atoms with Crippen molar-refractivity contribution >= 4 is 25.9 Å². The third kappa shape index (κ3) is 7.86. The second kappa shape index (κ2) is 12.3. The Morgan fingerprint density at radius 2 is 1.47 bits per heavy atom. The summed E-state index contributed by atoms with van der Waals surface area (Å²) in [6, 6.07) is 18.4. The summed E-state index contributed by atoms with van der Waals surface area (Å²) in [5.74, 6) is -0.634. The van der Waals surface area contributed by atoms with Crippen LogP contribution in [-0.2, 0) is 41.5 Å². The van der Waals surface area contributed by atoms with Crippen molar-refractivity contribution < 1.29 is 27.4 Å². The van der Waals surface area contributed by atoms with E-state index < -0.39 is 27.4 Å². The molecule has 0 spiro atoms. The van der Waals surface area contributed by atoms with E-state index in [1.165, 1.54) is 0 Å². The predicted octanol–water partition coefficient (Wildman–Crippen LogP) is 3.67. The van der Waals surface area contributed by atoms with Crippen molar-refractivity contribution in [2.24, 2.45) is 0 Å². The molecule has 7 nitrogen and oxygen atoms in total. The van der Waals surface area contributed by atoms with Crippen LogP contribution in [0.3, 0.4) is 0 Å². The molecule has 1 fully saturated rings. The summed E-state index contributed by atoms with van der Waals surface area (Å²) in [6.07, 6.45) is 1.06. The molecular weight excluding hydrogens is 454 g/mol. The highest BCUT2D eigenvalue weighted by atomic mass is 35.7. The predicted molar refractivity (Wildman–Crippen MR) is 121 cm³/mol. The minimum absolute atomic E-state index is 0.121. The van der Waals surface area contributed by atoms with E-state index in [0.29, 0.717) is 26.1 Å². The van der Waals surface area contributed by atoms with E-state index in [1.807, 2.05) is 60.7 Å². The van der Waals surface area contributed by atoms with Crippen molar-refractivity contribution in [3.05, 3.63) is 71.8 Å². The van der Waals surface area contributed by atoms with Gasteiger partial charge in [0.1, 0.15) is 12.1 Å². The maximum Gasteiger partial charge on any atom is 0.324 e. The third-order valence-electron chi connectivity index (χ3n) is 5.12. The summed E-state index contributed by atoms with van der Waals surface area (Å²) in [5, 5.41) is 0. The van der Waals surface area contributed by atoms with E-state index in [-0.39, 0.29) is 19.8 Å². The molecule has 0 saturated carbocycles. The molecule has 1 aliphatic rings. The molecule has 0 aromatic heterocycles. The summed E-state index contributed by atoms with van der Waals surface area (Å²) < 4.78 is 41.9. The van der Waals surface area contributed by atoms with Crippen LogP contribution in [0.1, 0.15) is 30.4 Å². The Bertz CT molecular complexity index is 896. The van der Waals surface area contributed by atoms with Crippen molar-refractivity contribution in [2.45, 2.75) is 44.6 Å². The Hall–Kier alpha value is -1.97. The Morgan fingerprint density at radius 3 is 1.97 bits per heavy atom. The van der Waals surface area contributed by atoms with Crippen molar-refractivity contribution in [3.8, 4) is 0 Å². The fraction of sp³-hybridized carbons (Fsp3) is 0.435. The van der Waals surface area contributed by atoms with Gasteiger partial charge in [0.2, 0.25) is 0 Å². The molecule has 2 aromatic carbocycles. The van der Waals surface area contributed by atoms with Gasteiger partial charge in [0.25, 0.3) is 0 Å². The molecule has 0 aliphatic carbocycles. The van der Waals surface area contributed by atoms with Gasteiger partial charge in [-0.3, -0.25) is 4.79 Å². The summed E-state index contributed by atoms with van der Waals surface area (Å²) in [4.78, 5) is 12.8. The van der Waals surface area contributed by atoms with Crippen LogP contribution in [0, 0.1) is 0 Å². The van der Waals surface area contributed by atoms with E-state index in [4.69, 9.17) is 24.9 Å². The first-order chi connectivity index (χ1) is 15.4. The summed E-state index contributed by atoms with van der Waals surface area (Å²) in [5.41, 5.74) is 1.99. The van der Waals surface area contributed by atoms with Crippen molar-refractivity contribution in [1.82, 2.24) is 4.31 Å². The minimum atomic E-state index is -4.02. The molecule has 1 unspecified atom stereocenters. The molecule has 0 bridgehead atoms. The summed E-state index contributed by atoms with van der Waals surface area (Å²) >= 11 is 0. The Morgan fingerprint density at radius 1 is 0.938 bits per heavy atom. The van der Waals surface area contributed by atoms with Crippen molar-refractivity contribution in [3.63, 3.8) is 0 Å². The number of benzene rings is 2. The number of piperidine rings is 1. The van der Waals surface area contributed by atoms with Gasteiger partial charge in [-0.05, 0) is 30.4 Å². The fourth-order valence-electron chi connectivity index (χ4n) is 3.53. The van der Waals surface area contributed by atoms with Crippen LogP contribution in [0.5, 0.6) is 0 Å². The molecule has 1 aliphatic heterocycles. The van der Waals surface area contributed by atoms with Gasteiger partial charge in [0.15, 0.2) is 0 Å². The smallest absolute Gasteiger partial charge is 0.324 e. The molecule has 1 atom stereocenters. The van der Waals surface area contributed by atoms with Crippen LogP contribution >= 0.6 is 10.7 Å². The van der Waals surface area contributed by atoms with Gasteiger partial charge in [-0.25, -0.2) is 0 Å². The quantitative estimate of drug-likeness (QED) is 0.360. The monoisotopic (exact) mass is 481 g/mol. The number of halogens is 1. The highest BCUT2D eigenvalue weighted by Gasteiger charge is 2.37. The van der Waals surface area contributed by atoms with Crippen LogP contribution in [-0.4, -0.2) is 50.6 Å². The maximum atomic E-state index is 12.8. The lowest BCUT2D eigenvalue weighted by molar-refractivity contribution is -0.162. The topological polar surface area (TPSA) is 82.1 Å². The van der Waals surface area contributed by atoms with Crippen LogP contribution in [0.15, 0.2) is 60.7 Å². The molecule has 174 valence electrons. The standard InChI is InChI=1S/C23H28ClNO6S/c24-32(27,28)25-14-8-7-13-22(25)23(26)31-21(17-29-15-19-9-3-1-4-10-19)18-30-16-20-11-5-2-6-12-20/h1-6,9-12,21-22H,7-8,13-18H2. The Kier molecular flexibility index (Phi) is 9.50. The van der Waals surface area contributed by atoms with Gasteiger partial charge in [-0.1, -0.05) is 60.7 Å². The number of hydrogen-bond acceptors (Lipinski definition) is 6. The average Bonchev–Trinajstić information content (AvgIpc) is 2.80. The van der Waals surface area contributed by atoms with Crippen LogP contribution in [0.2, 0.25) is 0 Å². The molecule has 1 saturated heterocycles. The Labute approximate surface area is 193 Å². The van der Waals surface area contributed by atoms with E-state index in [2.05, 4.69) is 0 Å². The van der Waals surface area contributed by atoms with E-state index >= 15 is 0 Å². The molecule has 0 radical (unpaired) electrons. The van der Waals surface area contributed by atoms with E-state index in [0.717, 1.165) is 21.9 Å². The van der Waals surface area contributed by atoms with Gasteiger partial charge in [-0.2, -0.15) is 12.7 Å². The number of ether oxygens (including phenoxy) is 3. The van der Waals surface area contributed by atoms with Crippen LogP contribution in [0.25, 0.3) is 0 Å². The fourth-order valence-corrected chi connectivity index (χ4v) is 4.86. The van der Waals surface area contributed by atoms with Gasteiger partial charge in [0, 0.05) is 17.2 Å². The lowest BCUT2D eigenvalue weighted by Crippen LogP contribution is -2.48. The van der Waals surface area contributed by atoms with Crippen molar-refractivity contribution in [2.75, 3.05) is 19.8 Å². The number of nitrogens with zero attached hydrogens (tertiary/aromatic N) is 1. The SMILES string of the molecule is O=C(OC(COCc1ccccc1)COCc1ccccc1)C1CCCCN1S(=O)(=O)Cl. The van der Waals surface area contributed by atoms with E-state index in [9.17, 15) is 13.2 Å². The number of carbonyl (C=O) groups is 1. The zero-order valence-corrected chi connectivity index (χ0v) is 19.3. The van der Waals surface area contributed by atoms with Gasteiger partial charge < -0.3 is 14.2 Å². The molecule has 0 amide bonds. The number of hydrogen-bond donors (Lipinski definition) is 0. The third-order valence-corrected chi connectivity index (χ3v) is 6.65. The second-order valence-electron chi connectivity index (χ2n) is 7.62. The van der Waals surface area contributed by atoms with Crippen LogP contribution < -0.4 is 0 Å². The lowest BCUT2D eigenvalue weighted by Gasteiger charge is -2.32. The summed E-state index contributed by atoms with van der Waals surface area (Å²) in [6.45, 7) is 1.16. The van der Waals surface area contributed by atoms with E-state index in [1.54, 1.807) is 0 Å². The van der Waals surface area contributed by atoms with Gasteiger partial charge in [0.05, 0.1) is 26.4 Å². The minimum Gasteiger partial charge on any atom is -0.456 e. The molecule has 0 N–H and O–H groups in total. The van der Waals surface area contributed by atoms with Gasteiger partial charge in [-0.15, -0.1) is 0 Å². The molecule has 1 heterocycles. The largest absolute Gasteiger partial charge is 0.456 e. The highest BCUT2D eigenvalue weighted by Crippen LogP contribution is 2.24. The lowest BCUT2D eigenvalue weighted by atomic mass is 10.1. The molecule has 3 rings (SSSR count). The number of rotatable bonds is 11. The molecule has 9 heteroatoms. The Balaban J connectivity index is 1.59. The van der Waals surface area contributed by atoms with Crippen molar-refractivity contribution in [1.29, 1.82) is 0 Å². The first kappa shape index (κ1) is 24.7. The normalized spacial score (nSPS) is 17.4. The number of esters is 1. The summed E-state index contributed by atoms with van der Waals surface area (Å²) in [7, 11) is 1.51. The highest BCUT2D eigenvalue weighted by molar-refractivity contribution is 8.11. The van der Waals surface area contributed by atoms with Crippen LogP contribution in [0.4, 0.5) is 0 Å². The first-order valence-electron chi connectivity index (χ1n) is 10.6. The maximum absolute atomic E-state index is 12.8. The second-order valence-corrected chi connectivity index (χ2v) is 10.1. The van der Waals surface area contributed by atoms with Gasteiger partial charge >= 0.3 is 15.2 Å². The molecule has 2 aromatic rings. The zero-order chi connectivity index (χ0) is 22.8. The molecular formula is C23H28ClNO6S. The molecule has 32 heavy (non-hydrogen) atoms. The zero-order valence-electron chi connectivity index (χ0n) is 17.8. The first-order valence-corrected chi connectivity index (χ1v) is 12.9. The number of carbonyl (C=O) groups excluding carboxylic acids is 1.